The van der Waals surface area contributed by atoms with Crippen LogP contribution in [0.25, 0.3) is 0 Å². The van der Waals surface area contributed by atoms with Crippen LogP contribution in [-0.4, -0.2) is 56.6 Å². The number of quaternary nitrogens is 1. The van der Waals surface area contributed by atoms with E-state index < -0.39 is 0 Å². The molecule has 3 nitrogen and oxygen atoms in total. The fraction of sp³-hybridized carbons (Fsp3) is 0.727. The molecule has 0 N–H and O–H groups in total. The van der Waals surface area contributed by atoms with Gasteiger partial charge in [0.25, 0.3) is 0 Å². The number of unbranched alkanes of at least 4 members (excludes halogenated alkanes) is 1. The molecule has 0 aliphatic heterocycles. The van der Waals surface area contributed by atoms with E-state index in [4.69, 9.17) is 0 Å². The summed E-state index contributed by atoms with van der Waals surface area (Å²) in [6, 6.07) is 0. The molecule has 0 aromatic heterocycles. The molecule has 0 heterocycles. The number of nitrogens with zero attached hydrogens (tertiary/aromatic N) is 2. The van der Waals surface area contributed by atoms with Crippen LogP contribution in [0, 0.1) is 0 Å². The Bertz CT molecular complexity index is 199. The monoisotopic (exact) mass is 234 g/mol. The number of halogens is 1. The Labute approximate surface area is 99.7 Å². The summed E-state index contributed by atoms with van der Waals surface area (Å²) in [5.74, 6) is 0.00949. The topological polar surface area (TPSA) is 20.3 Å². The van der Waals surface area contributed by atoms with Crippen molar-refractivity contribution in [3.05, 3.63) is 12.7 Å². The second-order valence-electron chi connectivity index (χ2n) is 4.68. The lowest BCUT2D eigenvalue weighted by Crippen LogP contribution is -3.00. The Balaban J connectivity index is 0. The summed E-state index contributed by atoms with van der Waals surface area (Å²) in [4.78, 5) is 12.8. The van der Waals surface area contributed by atoms with Crippen molar-refractivity contribution in [2.24, 2.45) is 0 Å². The second-order valence-corrected chi connectivity index (χ2v) is 4.68. The maximum Gasteiger partial charge on any atom is 0.245 e. The van der Waals surface area contributed by atoms with Gasteiger partial charge in [-0.25, -0.2) is 0 Å². The first-order valence-electron chi connectivity index (χ1n) is 5.05. The van der Waals surface area contributed by atoms with E-state index in [-0.39, 0.29) is 18.3 Å². The Morgan fingerprint density at radius 2 is 1.87 bits per heavy atom. The molecule has 15 heavy (non-hydrogen) atoms. The average Bonchev–Trinajstić information content (AvgIpc) is 2.09. The summed E-state index contributed by atoms with van der Waals surface area (Å²) in [6.07, 6.45) is 3.57. The highest BCUT2D eigenvalue weighted by Crippen LogP contribution is 1.99. The molecular formula is C11H23ClN2O. The normalized spacial score (nSPS) is 10.4. The third-order valence-electron chi connectivity index (χ3n) is 2.12. The van der Waals surface area contributed by atoms with E-state index in [1.807, 2.05) is 7.05 Å². The van der Waals surface area contributed by atoms with Gasteiger partial charge in [0.15, 0.2) is 0 Å². The van der Waals surface area contributed by atoms with Crippen molar-refractivity contribution in [1.29, 1.82) is 0 Å². The molecule has 0 bridgehead atoms. The standard InChI is InChI=1S/C11H23N2O.ClH/c1-6-11(14)12(2)9-7-8-10-13(3,4)5;/h6H,1,7-10H2,2-5H3;1H/q+1;/p-1. The van der Waals surface area contributed by atoms with Crippen LogP contribution in [-0.2, 0) is 4.79 Å². The second kappa shape index (κ2) is 7.71. The molecule has 1 amide bonds. The molecule has 0 atom stereocenters. The number of carbonyl (C=O) groups excluding carboxylic acids is 1. The summed E-state index contributed by atoms with van der Waals surface area (Å²) >= 11 is 0. The fourth-order valence-electron chi connectivity index (χ4n) is 1.20. The number of rotatable bonds is 6. The van der Waals surface area contributed by atoms with Crippen molar-refractivity contribution in [3.8, 4) is 0 Å². The van der Waals surface area contributed by atoms with Gasteiger partial charge in [0.2, 0.25) is 5.91 Å². The van der Waals surface area contributed by atoms with Crippen LogP contribution < -0.4 is 12.4 Å². The summed E-state index contributed by atoms with van der Waals surface area (Å²) < 4.78 is 0.985. The summed E-state index contributed by atoms with van der Waals surface area (Å²) in [5.41, 5.74) is 0. The van der Waals surface area contributed by atoms with E-state index in [9.17, 15) is 4.79 Å². The minimum atomic E-state index is 0. The van der Waals surface area contributed by atoms with E-state index in [0.29, 0.717) is 0 Å². The molecule has 0 saturated heterocycles. The lowest BCUT2D eigenvalue weighted by atomic mass is 10.2. The molecule has 4 heteroatoms. The minimum Gasteiger partial charge on any atom is -1.00 e. The van der Waals surface area contributed by atoms with E-state index in [1.165, 1.54) is 6.08 Å². The Morgan fingerprint density at radius 3 is 2.27 bits per heavy atom. The zero-order chi connectivity index (χ0) is 11.2. The number of amides is 1. The smallest absolute Gasteiger partial charge is 0.245 e. The van der Waals surface area contributed by atoms with Crippen LogP contribution in [0.4, 0.5) is 0 Å². The minimum absolute atomic E-state index is 0. The molecule has 0 aromatic rings. The van der Waals surface area contributed by atoms with Crippen LogP contribution in [0.1, 0.15) is 12.8 Å². The highest BCUT2D eigenvalue weighted by molar-refractivity contribution is 5.86. The van der Waals surface area contributed by atoms with Crippen molar-refractivity contribution in [2.75, 3.05) is 41.3 Å². The predicted molar refractivity (Wildman–Crippen MR) is 60.0 cm³/mol. The van der Waals surface area contributed by atoms with Crippen LogP contribution in [0.3, 0.4) is 0 Å². The molecule has 0 radical (unpaired) electrons. The van der Waals surface area contributed by atoms with Crippen LogP contribution in [0.15, 0.2) is 12.7 Å². The maximum atomic E-state index is 11.1. The Morgan fingerprint density at radius 1 is 1.33 bits per heavy atom. The lowest BCUT2D eigenvalue weighted by Gasteiger charge is -2.24. The van der Waals surface area contributed by atoms with Crippen LogP contribution in [0.2, 0.25) is 0 Å². The van der Waals surface area contributed by atoms with Crippen molar-refractivity contribution in [1.82, 2.24) is 4.90 Å². The van der Waals surface area contributed by atoms with Crippen LogP contribution in [0.5, 0.6) is 0 Å². The number of likely N-dealkylation sites (N-methyl/N-ethyl adjacent to an activating group) is 1. The van der Waals surface area contributed by atoms with Gasteiger partial charge in [-0.15, -0.1) is 0 Å². The molecular weight excluding hydrogens is 212 g/mol. The van der Waals surface area contributed by atoms with Gasteiger partial charge in [0.05, 0.1) is 27.7 Å². The van der Waals surface area contributed by atoms with Gasteiger partial charge >= 0.3 is 0 Å². The Hall–Kier alpha value is -0.540. The lowest BCUT2D eigenvalue weighted by molar-refractivity contribution is -0.870. The van der Waals surface area contributed by atoms with Gasteiger partial charge in [-0.3, -0.25) is 4.79 Å². The molecule has 0 aliphatic carbocycles. The highest BCUT2D eigenvalue weighted by Gasteiger charge is 2.07. The first-order valence-corrected chi connectivity index (χ1v) is 5.05. The number of hydrogen-bond donors (Lipinski definition) is 0. The van der Waals surface area contributed by atoms with Crippen molar-refractivity contribution in [3.63, 3.8) is 0 Å². The quantitative estimate of drug-likeness (QED) is 0.299. The predicted octanol–water partition coefficient (Wildman–Crippen LogP) is -1.88. The molecule has 90 valence electrons. The van der Waals surface area contributed by atoms with E-state index >= 15 is 0 Å². The number of carbonyl (C=O) groups is 1. The largest absolute Gasteiger partial charge is 1.00 e. The average molecular weight is 235 g/mol. The number of hydrogen-bond acceptors (Lipinski definition) is 1. The molecule has 0 unspecified atom stereocenters. The molecule has 0 fully saturated rings. The summed E-state index contributed by atoms with van der Waals surface area (Å²) in [6.45, 7) is 5.43. The third-order valence-corrected chi connectivity index (χ3v) is 2.12. The SMILES string of the molecule is C=CC(=O)N(C)CCCC[N+](C)(C)C.[Cl-]. The molecule has 0 rings (SSSR count). The van der Waals surface area contributed by atoms with Gasteiger partial charge in [-0.2, -0.15) is 0 Å². The van der Waals surface area contributed by atoms with Crippen molar-refractivity contribution >= 4 is 5.91 Å². The van der Waals surface area contributed by atoms with Crippen molar-refractivity contribution in [2.45, 2.75) is 12.8 Å². The zero-order valence-electron chi connectivity index (χ0n) is 10.3. The van der Waals surface area contributed by atoms with Gasteiger partial charge < -0.3 is 21.8 Å². The maximum absolute atomic E-state index is 11.1. The van der Waals surface area contributed by atoms with E-state index in [0.717, 1.165) is 30.4 Å². The van der Waals surface area contributed by atoms with E-state index in [2.05, 4.69) is 27.7 Å². The molecule has 0 aromatic carbocycles. The fourth-order valence-corrected chi connectivity index (χ4v) is 1.20. The van der Waals surface area contributed by atoms with E-state index in [1.54, 1.807) is 4.90 Å². The first-order chi connectivity index (χ1) is 6.37. The summed E-state index contributed by atoms with van der Waals surface area (Å²) in [7, 11) is 8.35. The van der Waals surface area contributed by atoms with Gasteiger partial charge in [0.1, 0.15) is 0 Å². The summed E-state index contributed by atoms with van der Waals surface area (Å²) in [5, 5.41) is 0. The van der Waals surface area contributed by atoms with Crippen LogP contribution >= 0.6 is 0 Å². The molecule has 0 spiro atoms. The zero-order valence-corrected chi connectivity index (χ0v) is 11.0. The van der Waals surface area contributed by atoms with Gasteiger partial charge in [0, 0.05) is 13.6 Å². The molecule has 0 aliphatic rings. The highest BCUT2D eigenvalue weighted by atomic mass is 35.5. The van der Waals surface area contributed by atoms with Crippen molar-refractivity contribution < 1.29 is 21.7 Å². The van der Waals surface area contributed by atoms with Gasteiger partial charge in [-0.1, -0.05) is 6.58 Å². The third kappa shape index (κ3) is 9.76. The van der Waals surface area contributed by atoms with Gasteiger partial charge in [-0.05, 0) is 18.9 Å². The first kappa shape index (κ1) is 16.9. The molecule has 0 saturated carbocycles. The Kier molecular flexibility index (Phi) is 8.68.